The van der Waals surface area contributed by atoms with Gasteiger partial charge in [-0.15, -0.1) is 0 Å². The van der Waals surface area contributed by atoms with E-state index in [-0.39, 0.29) is 17.2 Å². The van der Waals surface area contributed by atoms with Gasteiger partial charge < -0.3 is 5.32 Å². The summed E-state index contributed by atoms with van der Waals surface area (Å²) in [6, 6.07) is 7.47. The molecule has 0 fully saturated rings. The van der Waals surface area contributed by atoms with E-state index in [0.29, 0.717) is 22.3 Å². The summed E-state index contributed by atoms with van der Waals surface area (Å²) in [5.41, 5.74) is 0.282. The molecule has 0 bridgehead atoms. The molecule has 0 unspecified atom stereocenters. The molecule has 1 aromatic carbocycles. The minimum Gasteiger partial charge on any atom is -0.319 e. The second-order valence-corrected chi connectivity index (χ2v) is 6.05. The molecule has 22 heavy (non-hydrogen) atoms. The summed E-state index contributed by atoms with van der Waals surface area (Å²) < 4.78 is 1.28. The van der Waals surface area contributed by atoms with Gasteiger partial charge >= 0.3 is 0 Å². The molecule has 0 aliphatic heterocycles. The van der Waals surface area contributed by atoms with Gasteiger partial charge in [-0.05, 0) is 30.2 Å². The van der Waals surface area contributed by atoms with Crippen molar-refractivity contribution in [1.82, 2.24) is 9.78 Å². The topological polar surface area (TPSA) is 64.0 Å². The first kappa shape index (κ1) is 16.5. The highest BCUT2D eigenvalue weighted by Gasteiger charge is 2.12. The number of halogens is 2. The van der Waals surface area contributed by atoms with Gasteiger partial charge in [0.15, 0.2) is 0 Å². The van der Waals surface area contributed by atoms with Crippen LogP contribution in [0, 0.1) is 5.92 Å². The van der Waals surface area contributed by atoms with Crippen LogP contribution in [0.25, 0.3) is 0 Å². The molecular weight excluding hydrogens is 325 g/mol. The van der Waals surface area contributed by atoms with Gasteiger partial charge in [0.05, 0.1) is 10.7 Å². The summed E-state index contributed by atoms with van der Waals surface area (Å²) in [5.74, 6) is -0.215. The number of nitrogens with one attached hydrogen (secondary N) is 1. The zero-order valence-electron chi connectivity index (χ0n) is 12.1. The quantitative estimate of drug-likeness (QED) is 0.927. The fourth-order valence-corrected chi connectivity index (χ4v) is 2.16. The van der Waals surface area contributed by atoms with Crippen LogP contribution in [-0.2, 0) is 6.54 Å². The first-order valence-electron chi connectivity index (χ1n) is 6.71. The van der Waals surface area contributed by atoms with Crippen molar-refractivity contribution in [3.05, 3.63) is 56.4 Å². The Balaban J connectivity index is 2.26. The molecule has 0 radical (unpaired) electrons. The third-order valence-electron chi connectivity index (χ3n) is 2.81. The summed E-state index contributed by atoms with van der Waals surface area (Å²) >= 11 is 11.9. The van der Waals surface area contributed by atoms with E-state index in [1.165, 1.54) is 16.8 Å². The zero-order valence-corrected chi connectivity index (χ0v) is 13.6. The lowest BCUT2D eigenvalue weighted by Crippen LogP contribution is -2.27. The van der Waals surface area contributed by atoms with Gasteiger partial charge in [-0.2, -0.15) is 5.10 Å². The molecule has 1 aromatic heterocycles. The number of rotatable bonds is 4. The lowest BCUT2D eigenvalue weighted by molar-refractivity contribution is 0.101. The average Bonchev–Trinajstić information content (AvgIpc) is 2.44. The number of carbonyl (C=O) groups excluding carboxylic acids is 1. The fraction of sp³-hybridized carbons (Fsp3) is 0.267. The third kappa shape index (κ3) is 4.08. The number of anilines is 1. The maximum Gasteiger partial charge on any atom is 0.276 e. The average molecular weight is 340 g/mol. The Morgan fingerprint density at radius 1 is 1.27 bits per heavy atom. The molecule has 2 rings (SSSR count). The van der Waals surface area contributed by atoms with Crippen molar-refractivity contribution < 1.29 is 4.79 Å². The number of nitrogens with zero attached hydrogens (tertiary/aromatic N) is 2. The van der Waals surface area contributed by atoms with Crippen LogP contribution in [0.1, 0.15) is 24.3 Å². The van der Waals surface area contributed by atoms with Crippen LogP contribution in [0.3, 0.4) is 0 Å². The molecule has 0 spiro atoms. The number of benzene rings is 1. The first-order valence-corrected chi connectivity index (χ1v) is 7.47. The Morgan fingerprint density at radius 3 is 2.68 bits per heavy atom. The lowest BCUT2D eigenvalue weighted by Gasteiger charge is -2.10. The smallest absolute Gasteiger partial charge is 0.276 e. The zero-order chi connectivity index (χ0) is 16.3. The van der Waals surface area contributed by atoms with Crippen LogP contribution in [0.2, 0.25) is 10.0 Å². The predicted octanol–water partition coefficient (Wildman–Crippen LogP) is 3.46. The van der Waals surface area contributed by atoms with Crippen molar-refractivity contribution in [2.24, 2.45) is 5.92 Å². The first-order chi connectivity index (χ1) is 10.4. The standard InChI is InChI=1S/C15H15Cl2N3O2/c1-9(2)8-20-14(21)6-5-12(19-20)15(22)18-13-7-10(16)3-4-11(13)17/h3-7,9H,8H2,1-2H3,(H,18,22). The highest BCUT2D eigenvalue weighted by Crippen LogP contribution is 2.25. The maximum atomic E-state index is 12.2. The van der Waals surface area contributed by atoms with Gasteiger partial charge in [-0.1, -0.05) is 37.0 Å². The van der Waals surface area contributed by atoms with Gasteiger partial charge in [0.2, 0.25) is 0 Å². The summed E-state index contributed by atoms with van der Waals surface area (Å²) in [6.45, 7) is 4.37. The summed E-state index contributed by atoms with van der Waals surface area (Å²) in [6.07, 6.45) is 0. The van der Waals surface area contributed by atoms with Crippen LogP contribution < -0.4 is 10.9 Å². The van der Waals surface area contributed by atoms with Crippen molar-refractivity contribution in [2.75, 3.05) is 5.32 Å². The Kier molecular flexibility index (Phi) is 5.21. The van der Waals surface area contributed by atoms with Gasteiger partial charge in [-0.25, -0.2) is 4.68 Å². The highest BCUT2D eigenvalue weighted by atomic mass is 35.5. The molecule has 5 nitrogen and oxygen atoms in total. The van der Waals surface area contributed by atoms with Crippen molar-refractivity contribution in [3.63, 3.8) is 0 Å². The largest absolute Gasteiger partial charge is 0.319 e. The van der Waals surface area contributed by atoms with E-state index in [0.717, 1.165) is 0 Å². The highest BCUT2D eigenvalue weighted by molar-refractivity contribution is 6.35. The maximum absolute atomic E-state index is 12.2. The Morgan fingerprint density at radius 2 is 2.00 bits per heavy atom. The molecule has 0 saturated carbocycles. The van der Waals surface area contributed by atoms with Gasteiger partial charge in [0.1, 0.15) is 5.69 Å². The molecular formula is C15H15Cl2N3O2. The van der Waals surface area contributed by atoms with Gasteiger partial charge in [-0.3, -0.25) is 9.59 Å². The monoisotopic (exact) mass is 339 g/mol. The molecule has 7 heteroatoms. The molecule has 116 valence electrons. The number of hydrogen-bond donors (Lipinski definition) is 1. The molecule has 0 saturated heterocycles. The van der Waals surface area contributed by atoms with Crippen LogP contribution in [0.15, 0.2) is 35.1 Å². The number of carbonyl (C=O) groups is 1. The summed E-state index contributed by atoms with van der Waals surface area (Å²) in [5, 5.41) is 7.54. The SMILES string of the molecule is CC(C)Cn1nc(C(=O)Nc2cc(Cl)ccc2Cl)ccc1=O. The van der Waals surface area contributed by atoms with E-state index >= 15 is 0 Å². The summed E-state index contributed by atoms with van der Waals surface area (Å²) in [4.78, 5) is 24.0. The van der Waals surface area contributed by atoms with E-state index in [4.69, 9.17) is 23.2 Å². The van der Waals surface area contributed by atoms with Crippen LogP contribution >= 0.6 is 23.2 Å². The van der Waals surface area contributed by atoms with Gasteiger partial charge in [0, 0.05) is 17.6 Å². The van der Waals surface area contributed by atoms with E-state index < -0.39 is 5.91 Å². The van der Waals surface area contributed by atoms with Crippen LogP contribution in [0.5, 0.6) is 0 Å². The van der Waals surface area contributed by atoms with Crippen molar-refractivity contribution in [1.29, 1.82) is 0 Å². The van der Waals surface area contributed by atoms with Gasteiger partial charge in [0.25, 0.3) is 11.5 Å². The third-order valence-corrected chi connectivity index (χ3v) is 3.38. The number of hydrogen-bond acceptors (Lipinski definition) is 3. The van der Waals surface area contributed by atoms with Crippen molar-refractivity contribution >= 4 is 34.8 Å². The molecule has 1 N–H and O–H groups in total. The second-order valence-electron chi connectivity index (χ2n) is 5.21. The molecule has 2 aromatic rings. The minimum atomic E-state index is -0.457. The van der Waals surface area contributed by atoms with Crippen molar-refractivity contribution in [2.45, 2.75) is 20.4 Å². The minimum absolute atomic E-state index is 0.135. The molecule has 0 aliphatic rings. The summed E-state index contributed by atoms with van der Waals surface area (Å²) in [7, 11) is 0. The van der Waals surface area contributed by atoms with E-state index in [1.807, 2.05) is 13.8 Å². The fourth-order valence-electron chi connectivity index (χ4n) is 1.83. The van der Waals surface area contributed by atoms with E-state index in [9.17, 15) is 9.59 Å². The van der Waals surface area contributed by atoms with Crippen molar-refractivity contribution in [3.8, 4) is 0 Å². The Bertz CT molecular complexity index is 757. The normalized spacial score (nSPS) is 10.8. The van der Waals surface area contributed by atoms with E-state index in [1.54, 1.807) is 18.2 Å². The Hall–Kier alpha value is -1.85. The lowest BCUT2D eigenvalue weighted by atomic mass is 10.2. The number of aromatic nitrogens is 2. The predicted molar refractivity (Wildman–Crippen MR) is 87.8 cm³/mol. The second kappa shape index (κ2) is 6.94. The number of amides is 1. The van der Waals surface area contributed by atoms with Crippen LogP contribution in [0.4, 0.5) is 5.69 Å². The van der Waals surface area contributed by atoms with Crippen LogP contribution in [-0.4, -0.2) is 15.7 Å². The van der Waals surface area contributed by atoms with E-state index in [2.05, 4.69) is 10.4 Å². The molecule has 1 heterocycles. The molecule has 0 aliphatic carbocycles. The molecule has 1 amide bonds. The Labute approximate surface area is 137 Å². The molecule has 0 atom stereocenters.